The van der Waals surface area contributed by atoms with E-state index in [9.17, 15) is 0 Å². The zero-order valence-corrected chi connectivity index (χ0v) is 25.3. The summed E-state index contributed by atoms with van der Waals surface area (Å²) in [5, 5.41) is 3.08. The molecule has 216 valence electrons. The highest BCUT2D eigenvalue weighted by Crippen LogP contribution is 2.38. The van der Waals surface area contributed by atoms with E-state index in [1.165, 1.54) is 5.56 Å². The van der Waals surface area contributed by atoms with Crippen molar-refractivity contribution in [3.63, 3.8) is 0 Å². The summed E-state index contributed by atoms with van der Waals surface area (Å²) in [6, 6.07) is 49.4. The molecule has 9 rings (SSSR count). The molecule has 3 aromatic heterocycles. The minimum absolute atomic E-state index is 0.591. The van der Waals surface area contributed by atoms with E-state index in [4.69, 9.17) is 24.4 Å². The van der Waals surface area contributed by atoms with Crippen LogP contribution in [0.4, 0.5) is 0 Å². The molecule has 0 N–H and O–H groups in total. The van der Waals surface area contributed by atoms with Crippen molar-refractivity contribution in [3.05, 3.63) is 146 Å². The number of nitrogens with zero attached hydrogens (tertiary/aromatic N) is 4. The Morgan fingerprint density at radius 1 is 0.391 bits per heavy atom. The molecule has 0 saturated heterocycles. The summed E-state index contributed by atoms with van der Waals surface area (Å²) >= 11 is 1.68. The lowest BCUT2D eigenvalue weighted by Crippen LogP contribution is -2.00. The molecular weight excluding hydrogens is 585 g/mol. The molecule has 0 aliphatic rings. The Bertz CT molecular complexity index is 2510. The van der Waals surface area contributed by atoms with Crippen molar-refractivity contribution >= 4 is 43.5 Å². The van der Waals surface area contributed by atoms with Crippen molar-refractivity contribution in [2.45, 2.75) is 0 Å². The Morgan fingerprint density at radius 3 is 1.57 bits per heavy atom. The maximum Gasteiger partial charge on any atom is 0.164 e. The summed E-state index contributed by atoms with van der Waals surface area (Å²) < 4.78 is 7.53. The summed E-state index contributed by atoms with van der Waals surface area (Å²) in [5.74, 6) is 1.83. The fourth-order valence-electron chi connectivity index (χ4n) is 5.83. The van der Waals surface area contributed by atoms with Gasteiger partial charge in [0.1, 0.15) is 16.2 Å². The number of rotatable bonds is 5. The number of thiazole rings is 1. The van der Waals surface area contributed by atoms with Gasteiger partial charge in [0.15, 0.2) is 17.5 Å². The molecule has 0 fully saturated rings. The second kappa shape index (κ2) is 10.9. The first-order valence-electron chi connectivity index (χ1n) is 15.1. The maximum atomic E-state index is 6.43. The van der Waals surface area contributed by atoms with Crippen molar-refractivity contribution in [3.8, 4) is 55.9 Å². The van der Waals surface area contributed by atoms with Crippen LogP contribution >= 0.6 is 11.3 Å². The van der Waals surface area contributed by atoms with Crippen LogP contribution in [0.1, 0.15) is 0 Å². The lowest BCUT2D eigenvalue weighted by Gasteiger charge is -2.09. The van der Waals surface area contributed by atoms with E-state index in [-0.39, 0.29) is 0 Å². The molecule has 46 heavy (non-hydrogen) atoms. The fraction of sp³-hybridized carbons (Fsp3) is 0. The third-order valence-electron chi connectivity index (χ3n) is 8.18. The van der Waals surface area contributed by atoms with Crippen LogP contribution in [-0.4, -0.2) is 19.9 Å². The number of furan rings is 1. The molecule has 0 radical (unpaired) electrons. The Hall–Kier alpha value is -5.98. The predicted octanol–water partition coefficient (Wildman–Crippen LogP) is 10.7. The van der Waals surface area contributed by atoms with Crippen molar-refractivity contribution in [2.24, 2.45) is 0 Å². The van der Waals surface area contributed by atoms with Gasteiger partial charge in [-0.2, -0.15) is 0 Å². The third-order valence-corrected chi connectivity index (χ3v) is 9.25. The molecule has 0 amide bonds. The second-order valence-corrected chi connectivity index (χ2v) is 12.2. The number of fused-ring (bicyclic) bond motifs is 4. The molecule has 6 aromatic carbocycles. The van der Waals surface area contributed by atoms with Crippen LogP contribution in [0, 0.1) is 0 Å². The maximum absolute atomic E-state index is 6.43. The van der Waals surface area contributed by atoms with E-state index in [0.29, 0.717) is 17.5 Å². The number of hydrogen-bond donors (Lipinski definition) is 0. The number of hydrogen-bond acceptors (Lipinski definition) is 6. The van der Waals surface area contributed by atoms with Gasteiger partial charge in [0.2, 0.25) is 0 Å². The van der Waals surface area contributed by atoms with Gasteiger partial charge in [0.25, 0.3) is 0 Å². The van der Waals surface area contributed by atoms with Gasteiger partial charge >= 0.3 is 0 Å². The van der Waals surface area contributed by atoms with E-state index in [1.54, 1.807) is 11.3 Å². The Labute approximate surface area is 268 Å². The summed E-state index contributed by atoms with van der Waals surface area (Å²) in [7, 11) is 0. The molecular formula is C40H24N4OS. The molecule has 0 unspecified atom stereocenters. The summed E-state index contributed by atoms with van der Waals surface area (Å²) in [6.45, 7) is 0. The van der Waals surface area contributed by atoms with Crippen LogP contribution in [0.5, 0.6) is 0 Å². The van der Waals surface area contributed by atoms with Gasteiger partial charge < -0.3 is 4.42 Å². The zero-order chi connectivity index (χ0) is 30.5. The van der Waals surface area contributed by atoms with Crippen LogP contribution in [0.3, 0.4) is 0 Å². The highest BCUT2D eigenvalue weighted by molar-refractivity contribution is 7.21. The average Bonchev–Trinajstić information content (AvgIpc) is 3.71. The Balaban J connectivity index is 1.14. The number of aromatic nitrogens is 4. The van der Waals surface area contributed by atoms with Crippen molar-refractivity contribution < 1.29 is 4.42 Å². The molecule has 0 atom stereocenters. The monoisotopic (exact) mass is 608 g/mol. The highest BCUT2D eigenvalue weighted by atomic mass is 32.1. The molecule has 0 aliphatic heterocycles. The van der Waals surface area contributed by atoms with Crippen molar-refractivity contribution in [2.75, 3.05) is 0 Å². The van der Waals surface area contributed by atoms with Gasteiger partial charge in [-0.05, 0) is 29.3 Å². The van der Waals surface area contributed by atoms with E-state index < -0.39 is 0 Å². The summed E-state index contributed by atoms with van der Waals surface area (Å²) in [4.78, 5) is 19.7. The highest BCUT2D eigenvalue weighted by Gasteiger charge is 2.16. The predicted molar refractivity (Wildman–Crippen MR) is 187 cm³/mol. The van der Waals surface area contributed by atoms with Crippen LogP contribution in [-0.2, 0) is 0 Å². The van der Waals surface area contributed by atoms with Gasteiger partial charge in [-0.3, -0.25) is 0 Å². The van der Waals surface area contributed by atoms with E-state index in [0.717, 1.165) is 65.0 Å². The van der Waals surface area contributed by atoms with Gasteiger partial charge in [-0.25, -0.2) is 19.9 Å². The second-order valence-electron chi connectivity index (χ2n) is 11.1. The van der Waals surface area contributed by atoms with Gasteiger partial charge in [0, 0.05) is 39.1 Å². The molecule has 0 aliphatic carbocycles. The van der Waals surface area contributed by atoms with E-state index >= 15 is 0 Å². The quantitative estimate of drug-likeness (QED) is 0.194. The summed E-state index contributed by atoms with van der Waals surface area (Å²) in [6.07, 6.45) is 0. The molecule has 6 heteroatoms. The van der Waals surface area contributed by atoms with E-state index in [1.807, 2.05) is 72.8 Å². The van der Waals surface area contributed by atoms with Gasteiger partial charge in [-0.1, -0.05) is 121 Å². The van der Waals surface area contributed by atoms with Crippen LogP contribution in [0.2, 0.25) is 0 Å². The first kappa shape index (κ1) is 26.4. The average molecular weight is 609 g/mol. The molecule has 0 spiro atoms. The normalized spacial score (nSPS) is 11.5. The Morgan fingerprint density at radius 2 is 0.891 bits per heavy atom. The fourth-order valence-corrected chi connectivity index (χ4v) is 6.82. The lowest BCUT2D eigenvalue weighted by atomic mass is 10.0. The third kappa shape index (κ3) is 4.72. The molecule has 5 nitrogen and oxygen atoms in total. The van der Waals surface area contributed by atoms with E-state index in [2.05, 4.69) is 72.8 Å². The van der Waals surface area contributed by atoms with Crippen LogP contribution in [0.25, 0.3) is 88.0 Å². The minimum Gasteiger partial charge on any atom is -0.456 e. The first-order chi connectivity index (χ1) is 22.7. The van der Waals surface area contributed by atoms with Crippen LogP contribution < -0.4 is 0 Å². The van der Waals surface area contributed by atoms with Crippen molar-refractivity contribution in [1.82, 2.24) is 19.9 Å². The first-order valence-corrected chi connectivity index (χ1v) is 15.9. The number of benzene rings is 6. The topological polar surface area (TPSA) is 64.7 Å². The van der Waals surface area contributed by atoms with Crippen LogP contribution in [0.15, 0.2) is 150 Å². The molecule has 0 saturated carbocycles. The van der Waals surface area contributed by atoms with Crippen molar-refractivity contribution in [1.29, 1.82) is 0 Å². The molecule has 3 heterocycles. The molecule has 0 bridgehead atoms. The van der Waals surface area contributed by atoms with Gasteiger partial charge in [-0.15, -0.1) is 11.3 Å². The standard InChI is InChI=1S/C40H24N4OS/c1-4-10-25(11-5-1)26-16-18-28(19-17-26)38-42-37(27-12-6-2-7-13-27)43-39(44-38)30-20-21-31-32-23-33-36(24-35(32)45-34(31)22-30)46-40(41-33)29-14-8-3-9-15-29/h1-24H. The largest absolute Gasteiger partial charge is 0.456 e. The summed E-state index contributed by atoms with van der Waals surface area (Å²) in [5.41, 5.74) is 8.73. The smallest absolute Gasteiger partial charge is 0.164 e. The Kier molecular flexibility index (Phi) is 6.25. The minimum atomic E-state index is 0.591. The SMILES string of the molecule is c1ccc(-c2ccc(-c3nc(-c4ccccc4)nc(-c4ccc5c(c4)oc4cc6sc(-c7ccccc7)nc6cc45)n3)cc2)cc1. The van der Waals surface area contributed by atoms with Gasteiger partial charge in [0.05, 0.1) is 10.2 Å². The lowest BCUT2D eigenvalue weighted by molar-refractivity contribution is 0.669. The molecule has 9 aromatic rings. The zero-order valence-electron chi connectivity index (χ0n) is 24.5.